The minimum atomic E-state index is 0.422. The molecule has 102 valence electrons. The Morgan fingerprint density at radius 1 is 1.21 bits per heavy atom. The normalized spacial score (nSPS) is 10.8. The summed E-state index contributed by atoms with van der Waals surface area (Å²) in [5.41, 5.74) is 0.720. The van der Waals surface area contributed by atoms with Gasteiger partial charge >= 0.3 is 0 Å². The molecule has 2 aromatic heterocycles. The van der Waals surface area contributed by atoms with Gasteiger partial charge in [-0.05, 0) is 19.4 Å². The zero-order valence-electron chi connectivity index (χ0n) is 10.5. The molecule has 2 rings (SSSR count). The van der Waals surface area contributed by atoms with Crippen LogP contribution in [0.5, 0.6) is 0 Å². The maximum Gasteiger partial charge on any atom is 0.174 e. The summed E-state index contributed by atoms with van der Waals surface area (Å²) >= 11 is 18.2. The van der Waals surface area contributed by atoms with Crippen LogP contribution in [0.2, 0.25) is 15.1 Å². The largest absolute Gasteiger partial charge is 0.369 e. The van der Waals surface area contributed by atoms with E-state index < -0.39 is 0 Å². The number of hydrogen-bond donors (Lipinski definition) is 1. The molecule has 0 unspecified atom stereocenters. The number of anilines is 1. The summed E-state index contributed by atoms with van der Waals surface area (Å²) in [6.45, 7) is 4.67. The highest BCUT2D eigenvalue weighted by Gasteiger charge is 2.13. The Kier molecular flexibility index (Phi) is 4.55. The fraction of sp³-hybridized carbons (Fsp3) is 0.333. The van der Waals surface area contributed by atoms with Gasteiger partial charge < -0.3 is 5.32 Å². The van der Waals surface area contributed by atoms with Gasteiger partial charge in [0.1, 0.15) is 5.82 Å². The Morgan fingerprint density at radius 2 is 1.95 bits per heavy atom. The van der Waals surface area contributed by atoms with E-state index in [-0.39, 0.29) is 0 Å². The third-order valence-corrected chi connectivity index (χ3v) is 3.45. The van der Waals surface area contributed by atoms with Crippen LogP contribution in [0, 0.1) is 6.92 Å². The van der Waals surface area contributed by atoms with Crippen molar-refractivity contribution in [2.45, 2.75) is 20.3 Å². The molecular weight excluding hydrogens is 307 g/mol. The zero-order valence-corrected chi connectivity index (χ0v) is 12.8. The molecule has 0 atom stereocenters. The predicted octanol–water partition coefficient (Wildman–Crippen LogP) is 4.36. The number of aryl methyl sites for hydroxylation is 1. The summed E-state index contributed by atoms with van der Waals surface area (Å²) in [4.78, 5) is 4.40. The quantitative estimate of drug-likeness (QED) is 0.910. The maximum atomic E-state index is 6.15. The Balaban J connectivity index is 2.44. The van der Waals surface area contributed by atoms with Crippen molar-refractivity contribution in [3.05, 3.63) is 33.0 Å². The SMILES string of the molecule is CCCNc1nc(-n2cc(Cl)c(C)n2)c(Cl)cc1Cl. The lowest BCUT2D eigenvalue weighted by atomic mass is 10.4. The molecule has 2 heterocycles. The average molecular weight is 320 g/mol. The van der Waals surface area contributed by atoms with Crippen LogP contribution in [0.3, 0.4) is 0 Å². The molecule has 0 fully saturated rings. The molecular formula is C12H13Cl3N4. The molecule has 0 saturated heterocycles. The van der Waals surface area contributed by atoms with E-state index in [0.717, 1.165) is 18.7 Å². The van der Waals surface area contributed by atoms with E-state index in [0.29, 0.717) is 26.7 Å². The first-order valence-electron chi connectivity index (χ1n) is 5.85. The first-order chi connectivity index (χ1) is 9.02. The Hall–Kier alpha value is -0.970. The fourth-order valence-electron chi connectivity index (χ4n) is 1.53. The highest BCUT2D eigenvalue weighted by Crippen LogP contribution is 2.29. The van der Waals surface area contributed by atoms with Gasteiger partial charge in [0.25, 0.3) is 0 Å². The number of pyridine rings is 1. The summed E-state index contributed by atoms with van der Waals surface area (Å²) < 4.78 is 1.55. The highest BCUT2D eigenvalue weighted by molar-refractivity contribution is 6.37. The van der Waals surface area contributed by atoms with E-state index in [1.807, 2.05) is 6.92 Å². The van der Waals surface area contributed by atoms with Crippen molar-refractivity contribution in [3.63, 3.8) is 0 Å². The van der Waals surface area contributed by atoms with Crippen molar-refractivity contribution in [3.8, 4) is 5.82 Å². The molecule has 0 spiro atoms. The second kappa shape index (κ2) is 5.99. The van der Waals surface area contributed by atoms with E-state index in [4.69, 9.17) is 34.8 Å². The van der Waals surface area contributed by atoms with Crippen LogP contribution in [0.4, 0.5) is 5.82 Å². The molecule has 2 aromatic rings. The lowest BCUT2D eigenvalue weighted by molar-refractivity contribution is 0.831. The van der Waals surface area contributed by atoms with Crippen LogP contribution < -0.4 is 5.32 Å². The van der Waals surface area contributed by atoms with Gasteiger partial charge in [-0.15, -0.1) is 0 Å². The van der Waals surface area contributed by atoms with Gasteiger partial charge in [-0.3, -0.25) is 0 Å². The fourth-order valence-corrected chi connectivity index (χ4v) is 2.17. The number of rotatable bonds is 4. The average Bonchev–Trinajstić information content (AvgIpc) is 2.68. The van der Waals surface area contributed by atoms with E-state index in [1.165, 1.54) is 0 Å². The molecule has 0 aliphatic heterocycles. The van der Waals surface area contributed by atoms with Crippen molar-refractivity contribution in [1.82, 2.24) is 14.8 Å². The minimum absolute atomic E-state index is 0.422. The van der Waals surface area contributed by atoms with Crippen LogP contribution >= 0.6 is 34.8 Å². The third-order valence-electron chi connectivity index (χ3n) is 2.51. The monoisotopic (exact) mass is 318 g/mol. The molecule has 0 amide bonds. The number of aromatic nitrogens is 3. The van der Waals surface area contributed by atoms with Crippen LogP contribution in [0.1, 0.15) is 19.0 Å². The van der Waals surface area contributed by atoms with Crippen molar-refractivity contribution >= 4 is 40.6 Å². The smallest absolute Gasteiger partial charge is 0.174 e. The number of hydrogen-bond acceptors (Lipinski definition) is 3. The summed E-state index contributed by atoms with van der Waals surface area (Å²) in [6, 6.07) is 1.65. The molecule has 0 radical (unpaired) electrons. The van der Waals surface area contributed by atoms with E-state index >= 15 is 0 Å². The molecule has 19 heavy (non-hydrogen) atoms. The number of nitrogens with one attached hydrogen (secondary N) is 1. The van der Waals surface area contributed by atoms with Gasteiger partial charge in [0.15, 0.2) is 5.82 Å². The van der Waals surface area contributed by atoms with Crippen molar-refractivity contribution in [1.29, 1.82) is 0 Å². The molecule has 1 N–H and O–H groups in total. The topological polar surface area (TPSA) is 42.7 Å². The first-order valence-corrected chi connectivity index (χ1v) is 6.98. The van der Waals surface area contributed by atoms with Crippen LogP contribution in [-0.2, 0) is 0 Å². The molecule has 0 aliphatic carbocycles. The number of halogens is 3. The zero-order chi connectivity index (χ0) is 14.0. The lowest BCUT2D eigenvalue weighted by Gasteiger charge is -2.10. The van der Waals surface area contributed by atoms with Gasteiger partial charge in [-0.25, -0.2) is 9.67 Å². The molecule has 0 bridgehead atoms. The van der Waals surface area contributed by atoms with Crippen LogP contribution in [0.25, 0.3) is 5.82 Å². The maximum absolute atomic E-state index is 6.15. The summed E-state index contributed by atoms with van der Waals surface area (Å²) in [6.07, 6.45) is 2.64. The van der Waals surface area contributed by atoms with Crippen molar-refractivity contribution in [2.24, 2.45) is 0 Å². The van der Waals surface area contributed by atoms with E-state index in [2.05, 4.69) is 22.3 Å². The molecule has 0 aromatic carbocycles. The predicted molar refractivity (Wildman–Crippen MR) is 79.9 cm³/mol. The highest BCUT2D eigenvalue weighted by atomic mass is 35.5. The van der Waals surface area contributed by atoms with Gasteiger partial charge in [0.2, 0.25) is 0 Å². The standard InChI is InChI=1S/C12H13Cl3N4/c1-3-4-16-11-8(13)5-9(14)12(17-11)19-6-10(15)7(2)18-19/h5-6H,3-4H2,1-2H3,(H,16,17). The lowest BCUT2D eigenvalue weighted by Crippen LogP contribution is -2.07. The van der Waals surface area contributed by atoms with Crippen LogP contribution in [-0.4, -0.2) is 21.3 Å². The summed E-state index contributed by atoms with van der Waals surface area (Å²) in [7, 11) is 0. The molecule has 0 saturated carbocycles. The van der Waals surface area contributed by atoms with Gasteiger partial charge in [-0.2, -0.15) is 5.10 Å². The molecule has 0 aliphatic rings. The second-order valence-corrected chi connectivity index (χ2v) is 5.28. The Bertz CT molecular complexity index is 575. The van der Waals surface area contributed by atoms with Gasteiger partial charge in [0, 0.05) is 6.54 Å². The second-order valence-electron chi connectivity index (χ2n) is 4.06. The van der Waals surface area contributed by atoms with E-state index in [9.17, 15) is 0 Å². The Labute approximate surface area is 126 Å². The Morgan fingerprint density at radius 3 is 2.53 bits per heavy atom. The van der Waals surface area contributed by atoms with Crippen LogP contribution in [0.15, 0.2) is 12.3 Å². The third kappa shape index (κ3) is 3.14. The minimum Gasteiger partial charge on any atom is -0.369 e. The summed E-state index contributed by atoms with van der Waals surface area (Å²) in [5, 5.41) is 8.88. The van der Waals surface area contributed by atoms with Crippen molar-refractivity contribution < 1.29 is 0 Å². The first kappa shape index (κ1) is 14.4. The molecule has 7 heteroatoms. The number of nitrogens with zero attached hydrogens (tertiary/aromatic N) is 3. The van der Waals surface area contributed by atoms with Gasteiger partial charge in [-0.1, -0.05) is 41.7 Å². The molecule has 4 nitrogen and oxygen atoms in total. The van der Waals surface area contributed by atoms with E-state index in [1.54, 1.807) is 16.9 Å². The van der Waals surface area contributed by atoms with Gasteiger partial charge in [0.05, 0.1) is 27.0 Å². The van der Waals surface area contributed by atoms with Crippen molar-refractivity contribution in [2.75, 3.05) is 11.9 Å². The summed E-state index contributed by atoms with van der Waals surface area (Å²) in [5.74, 6) is 1.09.